The van der Waals surface area contributed by atoms with Gasteiger partial charge in [-0.05, 0) is 37.1 Å². The number of benzene rings is 1. The highest BCUT2D eigenvalue weighted by Gasteiger charge is 2.28. The van der Waals surface area contributed by atoms with Gasteiger partial charge in [-0.3, -0.25) is 9.69 Å². The Bertz CT molecular complexity index is 401. The topological polar surface area (TPSA) is 40.5 Å². The fourth-order valence-electron chi connectivity index (χ4n) is 2.07. The number of carbonyl (C=O) groups is 1. The molecule has 0 heterocycles. The monoisotopic (exact) mass is 267 g/mol. The van der Waals surface area contributed by atoms with Crippen LogP contribution < -0.4 is 0 Å². The second-order valence-corrected chi connectivity index (χ2v) is 5.11. The third-order valence-corrected chi connectivity index (χ3v) is 3.49. The van der Waals surface area contributed by atoms with Crippen molar-refractivity contribution in [2.75, 3.05) is 19.7 Å². The maximum absolute atomic E-state index is 12.0. The molecule has 1 fully saturated rings. The molecule has 98 valence electrons. The molecule has 4 heteroatoms. The van der Waals surface area contributed by atoms with Gasteiger partial charge >= 0.3 is 0 Å². The predicted molar refractivity (Wildman–Crippen MR) is 72.1 cm³/mol. The molecule has 0 spiro atoms. The third-order valence-electron chi connectivity index (χ3n) is 3.24. The number of Topliss-reactive ketones (excluding diaryl/α,β-unsaturated/α-hetero) is 1. The molecule has 0 atom stereocenters. The van der Waals surface area contributed by atoms with Gasteiger partial charge in [0.1, 0.15) is 0 Å². The number of halogens is 1. The van der Waals surface area contributed by atoms with Crippen LogP contribution >= 0.6 is 11.6 Å². The molecule has 1 saturated carbocycles. The third kappa shape index (κ3) is 3.80. The number of ketones is 1. The highest BCUT2D eigenvalue weighted by molar-refractivity contribution is 6.30. The van der Waals surface area contributed by atoms with Crippen LogP contribution in [0.5, 0.6) is 0 Å². The van der Waals surface area contributed by atoms with Crippen molar-refractivity contribution >= 4 is 17.4 Å². The molecule has 0 aliphatic heterocycles. The highest BCUT2D eigenvalue weighted by atomic mass is 35.5. The fourth-order valence-corrected chi connectivity index (χ4v) is 2.20. The van der Waals surface area contributed by atoms with Crippen molar-refractivity contribution < 1.29 is 9.90 Å². The van der Waals surface area contributed by atoms with E-state index in [1.54, 1.807) is 24.3 Å². The Labute approximate surface area is 112 Å². The minimum absolute atomic E-state index is 0.134. The van der Waals surface area contributed by atoms with Crippen LogP contribution in [-0.4, -0.2) is 41.5 Å². The summed E-state index contributed by atoms with van der Waals surface area (Å²) in [7, 11) is 0. The van der Waals surface area contributed by atoms with E-state index in [9.17, 15) is 4.79 Å². The van der Waals surface area contributed by atoms with Crippen molar-refractivity contribution in [1.82, 2.24) is 4.90 Å². The second kappa shape index (κ2) is 6.32. The summed E-state index contributed by atoms with van der Waals surface area (Å²) in [6, 6.07) is 7.58. The van der Waals surface area contributed by atoms with Crippen LogP contribution in [-0.2, 0) is 0 Å². The van der Waals surface area contributed by atoms with Gasteiger partial charge in [-0.25, -0.2) is 0 Å². The Morgan fingerprint density at radius 2 is 1.94 bits per heavy atom. The van der Waals surface area contributed by atoms with Crippen molar-refractivity contribution in [3.05, 3.63) is 34.9 Å². The number of aliphatic hydroxyl groups is 1. The summed E-state index contributed by atoms with van der Waals surface area (Å²) in [5.41, 5.74) is 0.708. The summed E-state index contributed by atoms with van der Waals surface area (Å²) in [5, 5.41) is 9.63. The molecule has 0 amide bonds. The summed E-state index contributed by atoms with van der Waals surface area (Å²) in [6.07, 6.45) is 2.88. The van der Waals surface area contributed by atoms with E-state index in [2.05, 4.69) is 4.90 Å². The van der Waals surface area contributed by atoms with Gasteiger partial charge < -0.3 is 5.11 Å². The first kappa shape index (κ1) is 13.5. The van der Waals surface area contributed by atoms with Crippen LogP contribution in [0.3, 0.4) is 0 Å². The fraction of sp³-hybridized carbons (Fsp3) is 0.500. The molecule has 1 aliphatic rings. The lowest BCUT2D eigenvalue weighted by atomic mass is 10.1. The van der Waals surface area contributed by atoms with Crippen molar-refractivity contribution in [1.29, 1.82) is 0 Å². The number of nitrogens with zero attached hydrogens (tertiary/aromatic N) is 1. The molecule has 0 aromatic heterocycles. The molecule has 3 nitrogen and oxygen atoms in total. The van der Waals surface area contributed by atoms with E-state index in [1.165, 1.54) is 12.8 Å². The summed E-state index contributed by atoms with van der Waals surface area (Å²) < 4.78 is 0. The average Bonchev–Trinajstić information content (AvgIpc) is 3.19. The molecule has 0 saturated heterocycles. The van der Waals surface area contributed by atoms with Crippen molar-refractivity contribution in [2.24, 2.45) is 0 Å². The first-order valence-corrected chi connectivity index (χ1v) is 6.72. The van der Waals surface area contributed by atoms with Crippen molar-refractivity contribution in [3.8, 4) is 0 Å². The molecule has 1 aromatic carbocycles. The Hall–Kier alpha value is -0.900. The molecule has 18 heavy (non-hydrogen) atoms. The molecule has 1 N–H and O–H groups in total. The van der Waals surface area contributed by atoms with Crippen LogP contribution in [0.15, 0.2) is 24.3 Å². The molecule has 0 bridgehead atoms. The van der Waals surface area contributed by atoms with E-state index in [0.29, 0.717) is 29.6 Å². The van der Waals surface area contributed by atoms with Gasteiger partial charge in [0.05, 0.1) is 6.61 Å². The van der Waals surface area contributed by atoms with Crippen LogP contribution in [0.2, 0.25) is 5.02 Å². The van der Waals surface area contributed by atoms with Gasteiger partial charge in [-0.2, -0.15) is 0 Å². The SMILES string of the molecule is O=C(CCN(CCO)C1CC1)c1ccc(Cl)cc1. The second-order valence-electron chi connectivity index (χ2n) is 4.67. The molecule has 1 aliphatic carbocycles. The Morgan fingerprint density at radius 1 is 1.28 bits per heavy atom. The Balaban J connectivity index is 1.85. The Morgan fingerprint density at radius 3 is 2.50 bits per heavy atom. The normalized spacial score (nSPS) is 15.1. The zero-order valence-corrected chi connectivity index (χ0v) is 11.1. The number of hydrogen-bond donors (Lipinski definition) is 1. The molecule has 0 radical (unpaired) electrons. The molecule has 2 rings (SSSR count). The lowest BCUT2D eigenvalue weighted by Crippen LogP contribution is -2.31. The van der Waals surface area contributed by atoms with Gasteiger partial charge in [-0.15, -0.1) is 0 Å². The zero-order valence-electron chi connectivity index (χ0n) is 10.3. The zero-order chi connectivity index (χ0) is 13.0. The quantitative estimate of drug-likeness (QED) is 0.771. The van der Waals surface area contributed by atoms with E-state index in [0.717, 1.165) is 6.54 Å². The van der Waals surface area contributed by atoms with E-state index in [4.69, 9.17) is 16.7 Å². The summed E-state index contributed by atoms with van der Waals surface area (Å²) in [6.45, 7) is 1.55. The lowest BCUT2D eigenvalue weighted by molar-refractivity contribution is 0.0954. The maximum atomic E-state index is 12.0. The molecular weight excluding hydrogens is 250 g/mol. The molecular formula is C14H18ClNO2. The minimum Gasteiger partial charge on any atom is -0.395 e. The minimum atomic E-state index is 0.134. The predicted octanol–water partition coefficient (Wildman–Crippen LogP) is 2.37. The summed E-state index contributed by atoms with van der Waals surface area (Å²) in [5.74, 6) is 0.134. The van der Waals surface area contributed by atoms with Gasteiger partial charge in [-0.1, -0.05) is 11.6 Å². The van der Waals surface area contributed by atoms with Gasteiger partial charge in [0.2, 0.25) is 0 Å². The van der Waals surface area contributed by atoms with Gasteiger partial charge in [0.15, 0.2) is 5.78 Å². The summed E-state index contributed by atoms with van der Waals surface area (Å²) in [4.78, 5) is 14.2. The highest BCUT2D eigenvalue weighted by Crippen LogP contribution is 2.26. The van der Waals surface area contributed by atoms with E-state index in [1.807, 2.05) is 0 Å². The van der Waals surface area contributed by atoms with Crippen LogP contribution in [0.25, 0.3) is 0 Å². The smallest absolute Gasteiger partial charge is 0.164 e. The van der Waals surface area contributed by atoms with Crippen molar-refractivity contribution in [2.45, 2.75) is 25.3 Å². The first-order chi connectivity index (χ1) is 8.70. The van der Waals surface area contributed by atoms with E-state index >= 15 is 0 Å². The van der Waals surface area contributed by atoms with Crippen molar-refractivity contribution in [3.63, 3.8) is 0 Å². The molecule has 1 aromatic rings. The average molecular weight is 268 g/mol. The van der Waals surface area contributed by atoms with Crippen LogP contribution in [0.4, 0.5) is 0 Å². The Kier molecular flexibility index (Phi) is 4.75. The first-order valence-electron chi connectivity index (χ1n) is 6.34. The van der Waals surface area contributed by atoms with E-state index < -0.39 is 0 Å². The number of rotatable bonds is 7. The standard InChI is InChI=1S/C14H18ClNO2/c15-12-3-1-11(2-4-12)14(18)7-8-16(9-10-17)13-5-6-13/h1-4,13,17H,5-10H2. The molecule has 0 unspecified atom stereocenters. The van der Waals surface area contributed by atoms with Crippen LogP contribution in [0.1, 0.15) is 29.6 Å². The van der Waals surface area contributed by atoms with E-state index in [-0.39, 0.29) is 12.4 Å². The number of carbonyl (C=O) groups excluding carboxylic acids is 1. The van der Waals surface area contributed by atoms with Gasteiger partial charge in [0.25, 0.3) is 0 Å². The number of hydrogen-bond acceptors (Lipinski definition) is 3. The number of aliphatic hydroxyl groups excluding tert-OH is 1. The largest absolute Gasteiger partial charge is 0.395 e. The lowest BCUT2D eigenvalue weighted by Gasteiger charge is -2.20. The van der Waals surface area contributed by atoms with Gasteiger partial charge in [0, 0.05) is 36.1 Å². The maximum Gasteiger partial charge on any atom is 0.164 e. The van der Waals surface area contributed by atoms with Crippen LogP contribution in [0, 0.1) is 0 Å². The summed E-state index contributed by atoms with van der Waals surface area (Å²) >= 11 is 5.79.